The summed E-state index contributed by atoms with van der Waals surface area (Å²) in [5.74, 6) is -2.06. The largest absolute Gasteiger partial charge is 0.465 e. The molecule has 0 saturated heterocycles. The number of hydrogen-bond donors (Lipinski definition) is 0. The van der Waals surface area contributed by atoms with E-state index in [2.05, 4.69) is 9.72 Å². The number of hydrogen-bond acceptors (Lipinski definition) is 3. The molecule has 1 heterocycles. The number of fused-ring (bicyclic) bond motifs is 1. The molecule has 0 saturated carbocycles. The van der Waals surface area contributed by atoms with Crippen molar-refractivity contribution in [1.29, 1.82) is 0 Å². The number of carbonyl (C=O) groups is 1. The fraction of sp³-hybridized carbons (Fsp3) is 0.167. The first-order valence-electron chi connectivity index (χ1n) is 5.09. The summed E-state index contributed by atoms with van der Waals surface area (Å²) in [6.07, 6.45) is -4.88. The highest BCUT2D eigenvalue weighted by molar-refractivity contribution is 5.95. The monoisotopic (exact) mass is 273 g/mol. The predicted octanol–water partition coefficient (Wildman–Crippen LogP) is 3.18. The number of aromatic nitrogens is 1. The smallest absolute Gasteiger partial charge is 0.434 e. The number of ether oxygens (including phenoxy) is 1. The van der Waals surface area contributed by atoms with Gasteiger partial charge in [0.25, 0.3) is 0 Å². The number of esters is 1. The lowest BCUT2D eigenvalue weighted by Gasteiger charge is -2.12. The Morgan fingerprint density at radius 3 is 2.58 bits per heavy atom. The molecule has 2 rings (SSSR count). The Bertz CT molecular complexity index is 652. The number of nitrogens with zero attached hydrogens (tertiary/aromatic N) is 1. The molecule has 0 bridgehead atoms. The van der Waals surface area contributed by atoms with Crippen LogP contribution in [0.3, 0.4) is 0 Å². The lowest BCUT2D eigenvalue weighted by Crippen LogP contribution is -2.16. The second-order valence-corrected chi connectivity index (χ2v) is 3.69. The van der Waals surface area contributed by atoms with Crippen LogP contribution in [-0.2, 0) is 10.9 Å². The molecule has 0 aliphatic heterocycles. The summed E-state index contributed by atoms with van der Waals surface area (Å²) in [6, 6.07) is 4.58. The van der Waals surface area contributed by atoms with Crippen molar-refractivity contribution in [3.63, 3.8) is 0 Å². The highest BCUT2D eigenvalue weighted by atomic mass is 19.4. The van der Waals surface area contributed by atoms with E-state index in [1.54, 1.807) is 0 Å². The summed E-state index contributed by atoms with van der Waals surface area (Å²) >= 11 is 0. The third-order valence-electron chi connectivity index (χ3n) is 2.47. The van der Waals surface area contributed by atoms with Crippen molar-refractivity contribution in [1.82, 2.24) is 4.98 Å². The third-order valence-corrected chi connectivity index (χ3v) is 2.47. The number of pyridine rings is 1. The Hall–Kier alpha value is -2.18. The summed E-state index contributed by atoms with van der Waals surface area (Å²) in [6.45, 7) is 0. The molecule has 1 aromatic carbocycles. The van der Waals surface area contributed by atoms with Gasteiger partial charge in [-0.1, -0.05) is 12.1 Å². The van der Waals surface area contributed by atoms with Gasteiger partial charge in [-0.2, -0.15) is 13.2 Å². The molecule has 0 fully saturated rings. The summed E-state index contributed by atoms with van der Waals surface area (Å²) < 4.78 is 56.1. The Morgan fingerprint density at radius 1 is 1.32 bits per heavy atom. The maximum atomic E-state index is 13.4. The zero-order chi connectivity index (χ0) is 14.2. The van der Waals surface area contributed by atoms with Crippen molar-refractivity contribution < 1.29 is 27.1 Å². The predicted molar refractivity (Wildman–Crippen MR) is 58.0 cm³/mol. The number of para-hydroxylation sites is 1. The molecule has 1 aromatic heterocycles. The normalized spacial score (nSPS) is 11.6. The van der Waals surface area contributed by atoms with Crippen molar-refractivity contribution in [3.05, 3.63) is 41.3 Å². The van der Waals surface area contributed by atoms with Crippen LogP contribution in [0.2, 0.25) is 0 Å². The molecule has 100 valence electrons. The lowest BCUT2D eigenvalue weighted by atomic mass is 10.1. The highest BCUT2D eigenvalue weighted by Gasteiger charge is 2.38. The number of rotatable bonds is 1. The fourth-order valence-electron chi connectivity index (χ4n) is 1.64. The molecule has 2 aromatic rings. The second kappa shape index (κ2) is 4.49. The molecule has 0 atom stereocenters. The molecule has 0 spiro atoms. The Balaban J connectivity index is 2.82. The molecule has 7 heteroatoms. The van der Waals surface area contributed by atoms with Gasteiger partial charge in [0.05, 0.1) is 12.7 Å². The summed E-state index contributed by atoms with van der Waals surface area (Å²) in [4.78, 5) is 14.6. The van der Waals surface area contributed by atoms with Crippen LogP contribution in [-0.4, -0.2) is 18.1 Å². The molecule has 0 unspecified atom stereocenters. The molecule has 0 aliphatic rings. The summed E-state index contributed by atoms with van der Waals surface area (Å²) in [5, 5.41) is 0.0911. The maximum absolute atomic E-state index is 13.4. The second-order valence-electron chi connectivity index (χ2n) is 3.69. The van der Waals surface area contributed by atoms with Gasteiger partial charge in [0.2, 0.25) is 0 Å². The summed E-state index contributed by atoms with van der Waals surface area (Å²) in [7, 11) is 0.957. The molecular formula is C12H7F4NO2. The zero-order valence-corrected chi connectivity index (χ0v) is 9.58. The molecule has 19 heavy (non-hydrogen) atoms. The van der Waals surface area contributed by atoms with Crippen LogP contribution < -0.4 is 0 Å². The average molecular weight is 273 g/mol. The Kier molecular flexibility index (Phi) is 3.13. The van der Waals surface area contributed by atoms with Gasteiger partial charge >= 0.3 is 12.1 Å². The Labute approximate surface area is 104 Å². The van der Waals surface area contributed by atoms with E-state index in [0.717, 1.165) is 19.2 Å². The fourth-order valence-corrected chi connectivity index (χ4v) is 1.64. The standard InChI is InChI=1S/C12H7F4NO2/c1-19-11(18)7-5-6-3-2-4-8(13)9(6)17-10(7)12(14,15)16/h2-5H,1H3. The number of alkyl halides is 3. The van der Waals surface area contributed by atoms with Crippen LogP contribution in [0, 0.1) is 5.82 Å². The van der Waals surface area contributed by atoms with Crippen molar-refractivity contribution in [2.75, 3.05) is 7.11 Å². The van der Waals surface area contributed by atoms with E-state index in [9.17, 15) is 22.4 Å². The number of methoxy groups -OCH3 is 1. The van der Waals surface area contributed by atoms with Crippen molar-refractivity contribution in [2.45, 2.75) is 6.18 Å². The van der Waals surface area contributed by atoms with E-state index in [4.69, 9.17) is 0 Å². The van der Waals surface area contributed by atoms with Crippen LogP contribution in [0.15, 0.2) is 24.3 Å². The highest BCUT2D eigenvalue weighted by Crippen LogP contribution is 2.33. The van der Waals surface area contributed by atoms with Gasteiger partial charge < -0.3 is 4.74 Å². The van der Waals surface area contributed by atoms with E-state index in [-0.39, 0.29) is 5.39 Å². The lowest BCUT2D eigenvalue weighted by molar-refractivity contribution is -0.141. The van der Waals surface area contributed by atoms with E-state index in [0.29, 0.717) is 0 Å². The van der Waals surface area contributed by atoms with Crippen molar-refractivity contribution in [2.24, 2.45) is 0 Å². The van der Waals surface area contributed by atoms with E-state index in [1.807, 2.05) is 0 Å². The maximum Gasteiger partial charge on any atom is 0.434 e. The molecule has 0 amide bonds. The van der Waals surface area contributed by atoms with Gasteiger partial charge in [-0.25, -0.2) is 14.2 Å². The number of halogens is 4. The Morgan fingerprint density at radius 2 is 2.00 bits per heavy atom. The third kappa shape index (κ3) is 2.35. The average Bonchev–Trinajstić information content (AvgIpc) is 2.36. The number of carbonyl (C=O) groups excluding carboxylic acids is 1. The van der Waals surface area contributed by atoms with Crippen LogP contribution in [0.25, 0.3) is 10.9 Å². The van der Waals surface area contributed by atoms with E-state index in [1.165, 1.54) is 12.1 Å². The van der Waals surface area contributed by atoms with Gasteiger partial charge in [0, 0.05) is 5.39 Å². The first-order chi connectivity index (χ1) is 8.84. The van der Waals surface area contributed by atoms with Gasteiger partial charge in [-0.05, 0) is 12.1 Å². The van der Waals surface area contributed by atoms with Crippen LogP contribution >= 0.6 is 0 Å². The minimum atomic E-state index is -4.88. The van der Waals surface area contributed by atoms with Gasteiger partial charge in [-0.15, -0.1) is 0 Å². The molecule has 0 radical (unpaired) electrons. The minimum absolute atomic E-state index is 0.0911. The van der Waals surface area contributed by atoms with Crippen LogP contribution in [0.1, 0.15) is 16.1 Å². The first-order valence-corrected chi connectivity index (χ1v) is 5.09. The minimum Gasteiger partial charge on any atom is -0.465 e. The summed E-state index contributed by atoms with van der Waals surface area (Å²) in [5.41, 5.74) is -2.65. The van der Waals surface area contributed by atoms with E-state index < -0.39 is 34.7 Å². The van der Waals surface area contributed by atoms with Crippen molar-refractivity contribution in [3.8, 4) is 0 Å². The van der Waals surface area contributed by atoms with E-state index >= 15 is 0 Å². The zero-order valence-electron chi connectivity index (χ0n) is 9.58. The molecule has 0 N–H and O–H groups in total. The molecular weight excluding hydrogens is 266 g/mol. The number of benzene rings is 1. The van der Waals surface area contributed by atoms with Crippen LogP contribution in [0.5, 0.6) is 0 Å². The first kappa shape index (κ1) is 13.3. The van der Waals surface area contributed by atoms with Gasteiger partial charge in [-0.3, -0.25) is 0 Å². The van der Waals surface area contributed by atoms with Crippen LogP contribution in [0.4, 0.5) is 17.6 Å². The van der Waals surface area contributed by atoms with Gasteiger partial charge in [0.15, 0.2) is 5.69 Å². The SMILES string of the molecule is COC(=O)c1cc2cccc(F)c2nc1C(F)(F)F. The quantitative estimate of drug-likeness (QED) is 0.591. The molecule has 0 aliphatic carbocycles. The topological polar surface area (TPSA) is 39.2 Å². The van der Waals surface area contributed by atoms with Gasteiger partial charge in [0.1, 0.15) is 11.3 Å². The molecule has 3 nitrogen and oxygen atoms in total. The van der Waals surface area contributed by atoms with Crippen molar-refractivity contribution >= 4 is 16.9 Å².